The molecule has 0 bridgehead atoms. The Bertz CT molecular complexity index is 947. The molecule has 162 valence electrons. The Labute approximate surface area is 182 Å². The second-order valence-electron chi connectivity index (χ2n) is 7.05. The first kappa shape index (κ1) is 22.3. The van der Waals surface area contributed by atoms with E-state index in [4.69, 9.17) is 14.6 Å². The van der Waals surface area contributed by atoms with Gasteiger partial charge in [0, 0.05) is 6.61 Å². The van der Waals surface area contributed by atoms with Gasteiger partial charge in [-0.15, -0.1) is 0 Å². The monoisotopic (exact) mass is 421 g/mol. The highest BCUT2D eigenvalue weighted by molar-refractivity contribution is 5.98. The fraction of sp³-hybridized carbons (Fsp3) is 0.240. The molecule has 0 aliphatic heterocycles. The van der Waals surface area contributed by atoms with E-state index in [9.17, 15) is 9.90 Å². The zero-order valence-electron chi connectivity index (χ0n) is 17.2. The van der Waals surface area contributed by atoms with Gasteiger partial charge in [-0.2, -0.15) is 0 Å². The van der Waals surface area contributed by atoms with Crippen LogP contribution < -0.4 is 14.8 Å². The van der Waals surface area contributed by atoms with Gasteiger partial charge in [0.05, 0.1) is 18.2 Å². The van der Waals surface area contributed by atoms with Crippen molar-refractivity contribution in [3.05, 3.63) is 95.6 Å². The number of benzene rings is 3. The lowest BCUT2D eigenvalue weighted by molar-refractivity contribution is 0.0899. The van der Waals surface area contributed by atoms with E-state index >= 15 is 0 Å². The van der Waals surface area contributed by atoms with Crippen LogP contribution in [0.4, 0.5) is 0 Å². The molecule has 0 aliphatic rings. The minimum absolute atomic E-state index is 0.136. The van der Waals surface area contributed by atoms with Crippen molar-refractivity contribution < 1.29 is 24.5 Å². The average Bonchev–Trinajstić information content (AvgIpc) is 2.82. The summed E-state index contributed by atoms with van der Waals surface area (Å²) in [6, 6.07) is 24.0. The Hall–Kier alpha value is -3.35. The summed E-state index contributed by atoms with van der Waals surface area (Å²) in [5.41, 5.74) is 2.26. The lowest BCUT2D eigenvalue weighted by Gasteiger charge is -2.19. The second-order valence-corrected chi connectivity index (χ2v) is 7.05. The number of aliphatic hydroxyl groups is 2. The molecule has 31 heavy (non-hydrogen) atoms. The van der Waals surface area contributed by atoms with Gasteiger partial charge < -0.3 is 25.0 Å². The topological polar surface area (TPSA) is 88.0 Å². The van der Waals surface area contributed by atoms with Crippen LogP contribution in [-0.2, 0) is 13.2 Å². The highest BCUT2D eigenvalue weighted by Crippen LogP contribution is 2.33. The molecule has 0 saturated heterocycles. The molecule has 0 aromatic heterocycles. The first-order valence-electron chi connectivity index (χ1n) is 10.2. The van der Waals surface area contributed by atoms with Gasteiger partial charge in [0.15, 0.2) is 11.5 Å². The van der Waals surface area contributed by atoms with Gasteiger partial charge >= 0.3 is 0 Å². The van der Waals surface area contributed by atoms with E-state index in [0.717, 1.165) is 11.1 Å². The number of rotatable bonds is 11. The number of hydrogen-bond acceptors (Lipinski definition) is 5. The van der Waals surface area contributed by atoms with E-state index in [-0.39, 0.29) is 26.2 Å². The molecular weight excluding hydrogens is 394 g/mol. The number of para-hydroxylation sites is 1. The zero-order valence-corrected chi connectivity index (χ0v) is 17.2. The Balaban J connectivity index is 1.84. The lowest BCUT2D eigenvalue weighted by Crippen LogP contribution is -2.38. The van der Waals surface area contributed by atoms with Gasteiger partial charge in [-0.3, -0.25) is 4.79 Å². The largest absolute Gasteiger partial charge is 0.485 e. The van der Waals surface area contributed by atoms with Crippen LogP contribution in [0.5, 0.6) is 11.5 Å². The molecule has 0 heterocycles. The summed E-state index contributed by atoms with van der Waals surface area (Å²) < 4.78 is 12.0. The summed E-state index contributed by atoms with van der Waals surface area (Å²) in [7, 11) is 0. The minimum atomic E-state index is -0.548. The number of hydrogen-bond donors (Lipinski definition) is 3. The molecule has 3 rings (SSSR count). The smallest absolute Gasteiger partial charge is 0.255 e. The van der Waals surface area contributed by atoms with Gasteiger partial charge in [0.2, 0.25) is 0 Å². The molecule has 1 amide bonds. The van der Waals surface area contributed by atoms with Crippen LogP contribution >= 0.6 is 0 Å². The third-order valence-electron chi connectivity index (χ3n) is 4.72. The molecular formula is C25H27NO5. The standard InChI is InChI=1S/C25H27NO5/c27-15-14-21(16-28)26-25(29)22-12-7-13-23(30-17-19-8-3-1-4-9-19)24(22)31-18-20-10-5-2-6-11-20/h1-13,21,27-28H,14-18H2,(H,26,29). The lowest BCUT2D eigenvalue weighted by atomic mass is 10.1. The minimum Gasteiger partial charge on any atom is -0.485 e. The summed E-state index contributed by atoms with van der Waals surface area (Å²) in [5, 5.41) is 21.3. The maximum atomic E-state index is 12.9. The first-order valence-corrected chi connectivity index (χ1v) is 10.2. The Morgan fingerprint density at radius 2 is 1.42 bits per heavy atom. The van der Waals surface area contributed by atoms with Crippen molar-refractivity contribution in [1.82, 2.24) is 5.32 Å². The summed E-state index contributed by atoms with van der Waals surface area (Å²) >= 11 is 0. The van der Waals surface area contributed by atoms with Crippen LogP contribution in [0.15, 0.2) is 78.9 Å². The van der Waals surface area contributed by atoms with E-state index in [1.807, 2.05) is 60.7 Å². The third-order valence-corrected chi connectivity index (χ3v) is 4.72. The van der Waals surface area contributed by atoms with Gasteiger partial charge in [-0.05, 0) is 29.7 Å². The number of carbonyl (C=O) groups is 1. The van der Waals surface area contributed by atoms with Gasteiger partial charge in [0.1, 0.15) is 13.2 Å². The molecule has 0 aliphatic carbocycles. The molecule has 3 aromatic rings. The Morgan fingerprint density at radius 3 is 2.00 bits per heavy atom. The predicted octanol–water partition coefficient (Wildman–Crippen LogP) is 3.32. The molecule has 3 N–H and O–H groups in total. The molecule has 3 aromatic carbocycles. The first-order chi connectivity index (χ1) is 15.2. The number of aliphatic hydroxyl groups excluding tert-OH is 2. The average molecular weight is 421 g/mol. The van der Waals surface area contributed by atoms with E-state index in [1.165, 1.54) is 0 Å². The quantitative estimate of drug-likeness (QED) is 0.442. The van der Waals surface area contributed by atoms with Crippen LogP contribution in [-0.4, -0.2) is 35.4 Å². The molecule has 1 unspecified atom stereocenters. The fourth-order valence-corrected chi connectivity index (χ4v) is 3.05. The van der Waals surface area contributed by atoms with Gasteiger partial charge in [-0.25, -0.2) is 0 Å². The van der Waals surface area contributed by atoms with Crippen molar-refractivity contribution in [2.75, 3.05) is 13.2 Å². The van der Waals surface area contributed by atoms with Crippen LogP contribution in [0.3, 0.4) is 0 Å². The summed E-state index contributed by atoms with van der Waals surface area (Å²) in [6.07, 6.45) is 0.257. The van der Waals surface area contributed by atoms with E-state index in [1.54, 1.807) is 18.2 Å². The molecule has 6 nitrogen and oxygen atoms in total. The predicted molar refractivity (Wildman–Crippen MR) is 118 cm³/mol. The van der Waals surface area contributed by atoms with Crippen LogP contribution in [0.1, 0.15) is 27.9 Å². The molecule has 0 saturated carbocycles. The summed E-state index contributed by atoms with van der Waals surface area (Å²) in [6.45, 7) is 0.198. The maximum absolute atomic E-state index is 12.9. The van der Waals surface area contributed by atoms with Crippen LogP contribution in [0, 0.1) is 0 Å². The number of nitrogens with one attached hydrogen (secondary N) is 1. The van der Waals surface area contributed by atoms with Crippen molar-refractivity contribution in [3.8, 4) is 11.5 Å². The number of amides is 1. The molecule has 0 radical (unpaired) electrons. The number of ether oxygens (including phenoxy) is 2. The Morgan fingerprint density at radius 1 is 0.806 bits per heavy atom. The van der Waals surface area contributed by atoms with Crippen LogP contribution in [0.2, 0.25) is 0 Å². The maximum Gasteiger partial charge on any atom is 0.255 e. The fourth-order valence-electron chi connectivity index (χ4n) is 3.05. The van der Waals surface area contributed by atoms with Crippen molar-refractivity contribution in [3.63, 3.8) is 0 Å². The van der Waals surface area contributed by atoms with Crippen molar-refractivity contribution >= 4 is 5.91 Å². The SMILES string of the molecule is O=C(NC(CO)CCO)c1cccc(OCc2ccccc2)c1OCc1ccccc1. The van der Waals surface area contributed by atoms with E-state index in [0.29, 0.717) is 23.7 Å². The van der Waals surface area contributed by atoms with Gasteiger partial charge in [-0.1, -0.05) is 66.7 Å². The highest BCUT2D eigenvalue weighted by atomic mass is 16.5. The van der Waals surface area contributed by atoms with Crippen molar-refractivity contribution in [2.45, 2.75) is 25.7 Å². The second kappa shape index (κ2) is 11.7. The van der Waals surface area contributed by atoms with Crippen molar-refractivity contribution in [1.29, 1.82) is 0 Å². The summed E-state index contributed by atoms with van der Waals surface area (Å²) in [4.78, 5) is 12.9. The molecule has 0 fully saturated rings. The van der Waals surface area contributed by atoms with Crippen LogP contribution in [0.25, 0.3) is 0 Å². The van der Waals surface area contributed by atoms with Gasteiger partial charge in [0.25, 0.3) is 5.91 Å². The highest BCUT2D eigenvalue weighted by Gasteiger charge is 2.20. The zero-order chi connectivity index (χ0) is 21.9. The summed E-state index contributed by atoms with van der Waals surface area (Å²) in [5.74, 6) is 0.385. The molecule has 6 heteroatoms. The van der Waals surface area contributed by atoms with Crippen molar-refractivity contribution in [2.24, 2.45) is 0 Å². The normalized spacial score (nSPS) is 11.5. The van der Waals surface area contributed by atoms with E-state index in [2.05, 4.69) is 5.32 Å². The molecule has 0 spiro atoms. The van der Waals surface area contributed by atoms with E-state index < -0.39 is 11.9 Å². The Kier molecular flexibility index (Phi) is 8.46. The number of carbonyl (C=O) groups excluding carboxylic acids is 1. The molecule has 1 atom stereocenters. The third kappa shape index (κ3) is 6.57.